The Bertz CT molecular complexity index is 3570. The van der Waals surface area contributed by atoms with Crippen LogP contribution in [0.4, 0.5) is 11.4 Å². The molecule has 7 aromatic carbocycles. The van der Waals surface area contributed by atoms with Gasteiger partial charge in [0.05, 0.1) is 16.6 Å². The third-order valence-corrected chi connectivity index (χ3v) is 12.5. The zero-order chi connectivity index (χ0) is 38.8. The van der Waals surface area contributed by atoms with Gasteiger partial charge >= 0.3 is 0 Å². The fraction of sp³-hybridized carbons (Fsp3) is 0.0577. The van der Waals surface area contributed by atoms with E-state index < -0.39 is 0 Å². The van der Waals surface area contributed by atoms with Crippen LogP contribution in [0, 0.1) is 0 Å². The van der Waals surface area contributed by atoms with Gasteiger partial charge < -0.3 is 13.7 Å². The van der Waals surface area contributed by atoms with Crippen LogP contribution >= 0.6 is 0 Å². The van der Waals surface area contributed by atoms with Crippen LogP contribution in [0.15, 0.2) is 185 Å². The number of furan rings is 2. The maximum Gasteiger partial charge on any atom is 0.238 e. The van der Waals surface area contributed by atoms with Gasteiger partial charge in [-0.15, -0.1) is 0 Å². The van der Waals surface area contributed by atoms with Crippen molar-refractivity contribution in [1.29, 1.82) is 0 Å². The second-order valence-electron chi connectivity index (χ2n) is 15.8. The van der Waals surface area contributed by atoms with Crippen LogP contribution < -0.4 is 4.90 Å². The standard InChI is InChI=1S/C52H33N5O2/c1-52-27-11-10-16-41(52)37-15-4-8-19-44(37)57(52)33-23-26-48-40(30-33)39-29-32(22-25-47(39)59-48)50-53-49(31-21-24-46-38(28-31)36-14-5-9-20-45(36)58-46)54-51(55-50)56-42-17-6-2-12-34(42)35-13-3-7-18-43(35)56/h2-30,41H,1H3. The van der Waals surface area contributed by atoms with Crippen LogP contribution in [-0.4, -0.2) is 25.1 Å². The Balaban J connectivity index is 1.02. The molecule has 7 nitrogen and oxygen atoms in total. The lowest BCUT2D eigenvalue weighted by Crippen LogP contribution is -2.41. The van der Waals surface area contributed by atoms with Crippen molar-refractivity contribution in [2.75, 3.05) is 4.90 Å². The topological polar surface area (TPSA) is 73.1 Å². The number of rotatable bonds is 4. The monoisotopic (exact) mass is 759 g/mol. The van der Waals surface area contributed by atoms with Gasteiger partial charge in [-0.05, 0) is 91.3 Å². The van der Waals surface area contributed by atoms with Crippen LogP contribution in [0.25, 0.3) is 94.4 Å². The highest BCUT2D eigenvalue weighted by Gasteiger charge is 2.46. The number of allylic oxidation sites excluding steroid dienone is 2. The first-order valence-electron chi connectivity index (χ1n) is 20.0. The van der Waals surface area contributed by atoms with E-state index in [-0.39, 0.29) is 11.5 Å². The summed E-state index contributed by atoms with van der Waals surface area (Å²) in [5.74, 6) is 1.94. The van der Waals surface area contributed by atoms with Crippen LogP contribution in [0.3, 0.4) is 0 Å². The van der Waals surface area contributed by atoms with E-state index in [1.165, 1.54) is 11.3 Å². The summed E-state index contributed by atoms with van der Waals surface area (Å²) >= 11 is 0. The van der Waals surface area contributed by atoms with E-state index in [9.17, 15) is 0 Å². The normalized spacial score (nSPS) is 17.3. The number of benzene rings is 7. The van der Waals surface area contributed by atoms with E-state index in [1.54, 1.807) is 0 Å². The van der Waals surface area contributed by atoms with Crippen molar-refractivity contribution in [2.45, 2.75) is 18.4 Å². The van der Waals surface area contributed by atoms with E-state index in [0.29, 0.717) is 17.6 Å². The molecular formula is C52H33N5O2. The molecule has 5 heterocycles. The number of para-hydroxylation sites is 4. The molecule has 7 heteroatoms. The first kappa shape index (κ1) is 32.3. The Kier molecular flexibility index (Phi) is 6.51. The second kappa shape index (κ2) is 11.9. The lowest BCUT2D eigenvalue weighted by atomic mass is 9.80. The summed E-state index contributed by atoms with van der Waals surface area (Å²) in [6.07, 6.45) is 8.98. The van der Waals surface area contributed by atoms with Gasteiger partial charge in [0.25, 0.3) is 0 Å². The highest BCUT2D eigenvalue weighted by atomic mass is 16.3. The number of fused-ring (bicyclic) bond motifs is 12. The summed E-state index contributed by atoms with van der Waals surface area (Å²) in [6.45, 7) is 2.33. The Hall–Kier alpha value is -7.77. The van der Waals surface area contributed by atoms with Crippen LogP contribution in [-0.2, 0) is 0 Å². The minimum atomic E-state index is -0.243. The SMILES string of the molecule is CC12C=CC=CC1c1ccccc1N2c1ccc2oc3ccc(-c4nc(-c5ccc6oc7ccccc7c6c5)nc(-n5c6ccccc6c6ccccc65)n4)cc3c2c1. The molecule has 0 radical (unpaired) electrons. The van der Waals surface area contributed by atoms with Gasteiger partial charge in [-0.2, -0.15) is 9.97 Å². The molecule has 2 unspecified atom stereocenters. The Morgan fingerprint density at radius 2 is 1.07 bits per heavy atom. The van der Waals surface area contributed by atoms with Crippen molar-refractivity contribution in [2.24, 2.45) is 0 Å². The zero-order valence-corrected chi connectivity index (χ0v) is 31.9. The summed E-state index contributed by atoms with van der Waals surface area (Å²) in [4.78, 5) is 18.2. The molecule has 11 aromatic rings. The first-order valence-corrected chi connectivity index (χ1v) is 20.0. The van der Waals surface area contributed by atoms with Gasteiger partial charge in [0.15, 0.2) is 11.6 Å². The van der Waals surface area contributed by atoms with E-state index in [0.717, 1.165) is 82.5 Å². The van der Waals surface area contributed by atoms with Gasteiger partial charge in [-0.3, -0.25) is 4.57 Å². The number of aromatic nitrogens is 4. The van der Waals surface area contributed by atoms with E-state index >= 15 is 0 Å². The lowest BCUT2D eigenvalue weighted by molar-refractivity contribution is 0.542. The molecule has 13 rings (SSSR count). The van der Waals surface area contributed by atoms with Gasteiger partial charge in [0, 0.05) is 60.7 Å². The third-order valence-electron chi connectivity index (χ3n) is 12.5. The van der Waals surface area contributed by atoms with Gasteiger partial charge in [0.2, 0.25) is 5.95 Å². The number of anilines is 2. The van der Waals surface area contributed by atoms with E-state index in [1.807, 2.05) is 36.4 Å². The first-order chi connectivity index (χ1) is 29.1. The summed E-state index contributed by atoms with van der Waals surface area (Å²) < 4.78 is 14.8. The largest absolute Gasteiger partial charge is 0.456 e. The molecule has 0 saturated carbocycles. The highest BCUT2D eigenvalue weighted by Crippen LogP contribution is 2.54. The molecule has 2 aliphatic rings. The fourth-order valence-electron chi connectivity index (χ4n) is 9.76. The maximum absolute atomic E-state index is 6.49. The molecule has 0 saturated heterocycles. The molecule has 278 valence electrons. The number of hydrogen-bond acceptors (Lipinski definition) is 6. The smallest absolute Gasteiger partial charge is 0.238 e. The molecule has 0 spiro atoms. The molecule has 2 atom stereocenters. The minimum Gasteiger partial charge on any atom is -0.456 e. The third kappa shape index (κ3) is 4.61. The van der Waals surface area contributed by atoms with E-state index in [4.69, 9.17) is 23.8 Å². The van der Waals surface area contributed by atoms with Crippen molar-refractivity contribution >= 4 is 77.1 Å². The zero-order valence-electron chi connectivity index (χ0n) is 31.9. The van der Waals surface area contributed by atoms with Gasteiger partial charge in [0.1, 0.15) is 22.3 Å². The van der Waals surface area contributed by atoms with Gasteiger partial charge in [-0.1, -0.05) is 97.1 Å². The average Bonchev–Trinajstić information content (AvgIpc) is 4.01. The quantitative estimate of drug-likeness (QED) is 0.178. The van der Waals surface area contributed by atoms with Crippen LogP contribution in [0.2, 0.25) is 0 Å². The highest BCUT2D eigenvalue weighted by molar-refractivity contribution is 6.10. The van der Waals surface area contributed by atoms with Crippen molar-refractivity contribution in [3.05, 3.63) is 182 Å². The van der Waals surface area contributed by atoms with E-state index in [2.05, 4.69) is 156 Å². The molecule has 1 aliphatic carbocycles. The summed E-state index contributed by atoms with van der Waals surface area (Å²) in [5.41, 5.74) is 10.5. The van der Waals surface area contributed by atoms with Crippen molar-refractivity contribution in [3.8, 4) is 28.7 Å². The number of hydrogen-bond donors (Lipinski definition) is 0. The second-order valence-corrected chi connectivity index (χ2v) is 15.8. The van der Waals surface area contributed by atoms with Crippen LogP contribution in [0.1, 0.15) is 18.4 Å². The molecule has 1 aliphatic heterocycles. The molecule has 0 bridgehead atoms. The summed E-state index contributed by atoms with van der Waals surface area (Å²) in [6, 6.07) is 52.7. The predicted molar refractivity (Wildman–Crippen MR) is 238 cm³/mol. The Morgan fingerprint density at radius 3 is 1.78 bits per heavy atom. The van der Waals surface area contributed by atoms with Crippen molar-refractivity contribution in [1.82, 2.24) is 19.5 Å². The Morgan fingerprint density at radius 1 is 0.508 bits per heavy atom. The average molecular weight is 760 g/mol. The lowest BCUT2D eigenvalue weighted by Gasteiger charge is -2.39. The number of nitrogens with zero attached hydrogens (tertiary/aromatic N) is 5. The molecular weight excluding hydrogens is 727 g/mol. The van der Waals surface area contributed by atoms with Crippen LogP contribution in [0.5, 0.6) is 0 Å². The Labute approximate surface area is 337 Å². The minimum absolute atomic E-state index is 0.243. The molecule has 0 amide bonds. The summed E-state index contributed by atoms with van der Waals surface area (Å²) in [7, 11) is 0. The maximum atomic E-state index is 6.49. The van der Waals surface area contributed by atoms with Gasteiger partial charge in [-0.25, -0.2) is 4.98 Å². The molecule has 59 heavy (non-hydrogen) atoms. The predicted octanol–water partition coefficient (Wildman–Crippen LogP) is 13.2. The molecule has 0 N–H and O–H groups in total. The molecule has 0 fully saturated rings. The summed E-state index contributed by atoms with van der Waals surface area (Å²) in [5, 5.41) is 6.38. The van der Waals surface area contributed by atoms with Crippen molar-refractivity contribution in [3.63, 3.8) is 0 Å². The van der Waals surface area contributed by atoms with Crippen molar-refractivity contribution < 1.29 is 8.83 Å². The molecule has 4 aromatic heterocycles. The fourth-order valence-corrected chi connectivity index (χ4v) is 9.76.